The summed E-state index contributed by atoms with van der Waals surface area (Å²) in [4.78, 5) is 34.2. The molecule has 0 N–H and O–H groups in total. The molecular formula is C23H17IN2O3. The van der Waals surface area contributed by atoms with Gasteiger partial charge in [0.1, 0.15) is 5.92 Å². The second-order valence-electron chi connectivity index (χ2n) is 7.03. The summed E-state index contributed by atoms with van der Waals surface area (Å²) in [6.45, 7) is 0. The number of benzene rings is 3. The maximum absolute atomic E-state index is 13.5. The third-order valence-corrected chi connectivity index (χ3v) is 6.27. The molecule has 0 bridgehead atoms. The molecule has 0 saturated carbocycles. The first kappa shape index (κ1) is 18.3. The van der Waals surface area contributed by atoms with Crippen LogP contribution in [0.15, 0.2) is 84.9 Å². The van der Waals surface area contributed by atoms with Gasteiger partial charge in [0.25, 0.3) is 5.91 Å². The fraction of sp³-hybridized carbons (Fsp3) is 0.130. The van der Waals surface area contributed by atoms with E-state index in [0.29, 0.717) is 5.69 Å². The fourth-order valence-electron chi connectivity index (χ4n) is 4.07. The number of hydrogen-bond donors (Lipinski definition) is 0. The standard InChI is InChI=1S/C23H17IN2O3/c24-17-13-7-8-14-18(17)25-22(27)19-20(15-9-3-1-4-10-15)26(29-21(19)23(25)28)16-11-5-2-6-12-16/h1-14,19-21H/t19-,20+,21+/m1/s1. The highest BCUT2D eigenvalue weighted by Crippen LogP contribution is 2.47. The van der Waals surface area contributed by atoms with Crippen LogP contribution in [0.5, 0.6) is 0 Å². The molecule has 3 atom stereocenters. The van der Waals surface area contributed by atoms with Crippen LogP contribution in [0.4, 0.5) is 11.4 Å². The number of hydroxylamine groups is 1. The summed E-state index contributed by atoms with van der Waals surface area (Å²) in [5.74, 6) is -1.15. The molecule has 144 valence electrons. The molecular weight excluding hydrogens is 479 g/mol. The molecule has 2 fully saturated rings. The molecule has 0 unspecified atom stereocenters. The Morgan fingerprint density at radius 2 is 1.38 bits per heavy atom. The quantitative estimate of drug-likeness (QED) is 0.400. The Hall–Kier alpha value is -2.71. The van der Waals surface area contributed by atoms with E-state index in [1.165, 1.54) is 4.90 Å². The van der Waals surface area contributed by atoms with E-state index in [0.717, 1.165) is 14.8 Å². The minimum absolute atomic E-state index is 0.226. The molecule has 3 aromatic carbocycles. The molecule has 3 aromatic rings. The van der Waals surface area contributed by atoms with Crippen molar-refractivity contribution in [3.8, 4) is 0 Å². The molecule has 2 aliphatic rings. The van der Waals surface area contributed by atoms with Crippen LogP contribution in [-0.4, -0.2) is 17.9 Å². The lowest BCUT2D eigenvalue weighted by Crippen LogP contribution is -2.37. The lowest BCUT2D eigenvalue weighted by Gasteiger charge is -2.28. The smallest absolute Gasteiger partial charge is 0.266 e. The van der Waals surface area contributed by atoms with Crippen LogP contribution < -0.4 is 9.96 Å². The third-order valence-electron chi connectivity index (χ3n) is 5.36. The fourth-order valence-corrected chi connectivity index (χ4v) is 4.70. The number of amides is 2. The van der Waals surface area contributed by atoms with Crippen LogP contribution in [0.1, 0.15) is 11.6 Å². The highest BCUT2D eigenvalue weighted by molar-refractivity contribution is 14.1. The van der Waals surface area contributed by atoms with Crippen molar-refractivity contribution in [2.45, 2.75) is 12.1 Å². The normalized spacial score (nSPS) is 23.6. The first-order valence-electron chi connectivity index (χ1n) is 9.35. The Balaban J connectivity index is 1.60. The summed E-state index contributed by atoms with van der Waals surface area (Å²) in [6.07, 6.45) is -0.844. The van der Waals surface area contributed by atoms with E-state index in [1.54, 1.807) is 11.1 Å². The first-order valence-corrected chi connectivity index (χ1v) is 10.4. The van der Waals surface area contributed by atoms with Crippen molar-refractivity contribution in [2.75, 3.05) is 9.96 Å². The zero-order valence-corrected chi connectivity index (χ0v) is 17.5. The van der Waals surface area contributed by atoms with Gasteiger partial charge in [-0.3, -0.25) is 14.4 Å². The highest BCUT2D eigenvalue weighted by atomic mass is 127. The predicted molar refractivity (Wildman–Crippen MR) is 118 cm³/mol. The zero-order chi connectivity index (χ0) is 20.0. The van der Waals surface area contributed by atoms with Crippen LogP contribution in [-0.2, 0) is 14.4 Å². The Labute approximate surface area is 182 Å². The number of halogens is 1. The lowest BCUT2D eigenvalue weighted by atomic mass is 9.90. The predicted octanol–water partition coefficient (Wildman–Crippen LogP) is 4.34. The van der Waals surface area contributed by atoms with Gasteiger partial charge in [-0.25, -0.2) is 9.96 Å². The number of para-hydroxylation sites is 2. The molecule has 5 nitrogen and oxygen atoms in total. The maximum atomic E-state index is 13.5. The highest BCUT2D eigenvalue weighted by Gasteiger charge is 2.60. The lowest BCUT2D eigenvalue weighted by molar-refractivity contribution is -0.126. The largest absolute Gasteiger partial charge is 0.273 e. The van der Waals surface area contributed by atoms with Crippen LogP contribution in [0.2, 0.25) is 0 Å². The van der Waals surface area contributed by atoms with Crippen molar-refractivity contribution in [2.24, 2.45) is 5.92 Å². The van der Waals surface area contributed by atoms with Crippen molar-refractivity contribution >= 4 is 45.8 Å². The Bertz CT molecular complexity index is 1070. The van der Waals surface area contributed by atoms with Crippen LogP contribution in [0.25, 0.3) is 0 Å². The number of fused-ring (bicyclic) bond motifs is 1. The number of imide groups is 1. The minimum atomic E-state index is -0.844. The van der Waals surface area contributed by atoms with Crippen LogP contribution in [0.3, 0.4) is 0 Å². The summed E-state index contributed by atoms with van der Waals surface area (Å²) in [5.41, 5.74) is 2.37. The van der Waals surface area contributed by atoms with Gasteiger partial charge in [-0.2, -0.15) is 0 Å². The Morgan fingerprint density at radius 3 is 2.07 bits per heavy atom. The number of carbonyl (C=O) groups is 2. The van der Waals surface area contributed by atoms with Gasteiger partial charge in [0.2, 0.25) is 5.91 Å². The van der Waals surface area contributed by atoms with E-state index in [4.69, 9.17) is 4.84 Å². The summed E-state index contributed by atoms with van der Waals surface area (Å²) >= 11 is 2.15. The summed E-state index contributed by atoms with van der Waals surface area (Å²) < 4.78 is 0.850. The average Bonchev–Trinajstić information content (AvgIpc) is 3.26. The molecule has 0 spiro atoms. The van der Waals surface area contributed by atoms with Crippen LogP contribution in [0, 0.1) is 9.49 Å². The van der Waals surface area contributed by atoms with Gasteiger partial charge >= 0.3 is 0 Å². The molecule has 0 aliphatic carbocycles. The van der Waals surface area contributed by atoms with Crippen molar-refractivity contribution < 1.29 is 14.4 Å². The number of carbonyl (C=O) groups excluding carboxylic acids is 2. The van der Waals surface area contributed by atoms with Crippen molar-refractivity contribution in [1.82, 2.24) is 0 Å². The Morgan fingerprint density at radius 1 is 0.759 bits per heavy atom. The van der Waals surface area contributed by atoms with E-state index in [-0.39, 0.29) is 17.9 Å². The number of nitrogens with zero attached hydrogens (tertiary/aromatic N) is 2. The van der Waals surface area contributed by atoms with E-state index >= 15 is 0 Å². The average molecular weight is 496 g/mol. The van der Waals surface area contributed by atoms with Gasteiger partial charge in [-0.1, -0.05) is 60.7 Å². The van der Waals surface area contributed by atoms with Gasteiger partial charge in [0.15, 0.2) is 6.10 Å². The molecule has 2 amide bonds. The van der Waals surface area contributed by atoms with Gasteiger partial charge in [-0.15, -0.1) is 0 Å². The van der Waals surface area contributed by atoms with Gasteiger partial charge in [0.05, 0.1) is 17.4 Å². The second kappa shape index (κ2) is 7.27. The van der Waals surface area contributed by atoms with Crippen molar-refractivity contribution in [3.05, 3.63) is 94.1 Å². The SMILES string of the molecule is O=C1[C@H]2[C@H](ON(c3ccccc3)[C@H]2c2ccccc2)C(=O)N1c1ccccc1I. The summed E-state index contributed by atoms with van der Waals surface area (Å²) in [5, 5.41) is 1.72. The number of hydrogen-bond acceptors (Lipinski definition) is 4. The monoisotopic (exact) mass is 496 g/mol. The molecule has 2 saturated heterocycles. The Kier molecular flexibility index (Phi) is 4.60. The van der Waals surface area contributed by atoms with E-state index in [9.17, 15) is 9.59 Å². The molecule has 29 heavy (non-hydrogen) atoms. The second-order valence-corrected chi connectivity index (χ2v) is 8.19. The summed E-state index contributed by atoms with van der Waals surface area (Å²) in [6, 6.07) is 26.4. The molecule has 5 rings (SSSR count). The van der Waals surface area contributed by atoms with Gasteiger partial charge in [0, 0.05) is 3.57 Å². The molecule has 0 aromatic heterocycles. The minimum Gasteiger partial charge on any atom is -0.273 e. The number of rotatable bonds is 3. The molecule has 2 heterocycles. The third kappa shape index (κ3) is 2.94. The van der Waals surface area contributed by atoms with Crippen LogP contribution >= 0.6 is 22.6 Å². The maximum Gasteiger partial charge on any atom is 0.266 e. The topological polar surface area (TPSA) is 49.9 Å². The summed E-state index contributed by atoms with van der Waals surface area (Å²) in [7, 11) is 0. The zero-order valence-electron chi connectivity index (χ0n) is 15.3. The van der Waals surface area contributed by atoms with Gasteiger partial charge < -0.3 is 0 Å². The first-order chi connectivity index (χ1) is 14.2. The molecule has 2 aliphatic heterocycles. The van der Waals surface area contributed by atoms with Gasteiger partial charge in [-0.05, 0) is 52.4 Å². The van der Waals surface area contributed by atoms with Crippen molar-refractivity contribution in [3.63, 3.8) is 0 Å². The number of anilines is 2. The van der Waals surface area contributed by atoms with E-state index in [2.05, 4.69) is 22.6 Å². The van der Waals surface area contributed by atoms with E-state index in [1.807, 2.05) is 78.9 Å². The van der Waals surface area contributed by atoms with E-state index < -0.39 is 12.0 Å². The molecule has 0 radical (unpaired) electrons. The van der Waals surface area contributed by atoms with Crippen molar-refractivity contribution in [1.29, 1.82) is 0 Å². The molecule has 6 heteroatoms.